The van der Waals surface area contributed by atoms with Crippen LogP contribution in [0.2, 0.25) is 0 Å². The smallest absolute Gasteiger partial charge is 0.288 e. The molecular formula is C9H9FN2O3. The fourth-order valence-electron chi connectivity index (χ4n) is 1.35. The van der Waals surface area contributed by atoms with Crippen LogP contribution in [0.1, 0.15) is 22.8 Å². The highest BCUT2D eigenvalue weighted by atomic mass is 19.1. The number of nitrogen functional groups attached to an aromatic ring is 1. The number of carbonyl (C=O) groups is 1. The number of halogens is 1. The highest BCUT2D eigenvalue weighted by molar-refractivity contribution is 6.03. The molecule has 6 heteroatoms. The average Bonchev–Trinajstić information content (AvgIpc) is 2.09. The van der Waals surface area contributed by atoms with Crippen LogP contribution in [0.15, 0.2) is 6.07 Å². The molecule has 1 rings (SSSR count). The third kappa shape index (κ3) is 1.78. The summed E-state index contributed by atoms with van der Waals surface area (Å²) in [5, 5.41) is 10.7. The van der Waals surface area contributed by atoms with Crippen LogP contribution in [0.3, 0.4) is 0 Å². The zero-order valence-corrected chi connectivity index (χ0v) is 8.20. The Labute approximate surface area is 84.8 Å². The van der Waals surface area contributed by atoms with E-state index in [4.69, 9.17) is 5.73 Å². The van der Waals surface area contributed by atoms with Gasteiger partial charge in [-0.15, -0.1) is 0 Å². The number of nitro benzene ring substituents is 1. The van der Waals surface area contributed by atoms with Crippen molar-refractivity contribution in [3.63, 3.8) is 0 Å². The van der Waals surface area contributed by atoms with Crippen molar-refractivity contribution >= 4 is 17.2 Å². The lowest BCUT2D eigenvalue weighted by atomic mass is 10.0. The van der Waals surface area contributed by atoms with E-state index in [1.54, 1.807) is 0 Å². The number of carbonyl (C=O) groups excluding carboxylic acids is 1. The van der Waals surface area contributed by atoms with Crippen molar-refractivity contribution in [1.82, 2.24) is 0 Å². The number of hydrogen-bond acceptors (Lipinski definition) is 4. The normalized spacial score (nSPS) is 10.1. The van der Waals surface area contributed by atoms with Crippen molar-refractivity contribution < 1.29 is 14.1 Å². The molecule has 0 aliphatic heterocycles. The van der Waals surface area contributed by atoms with E-state index in [0.29, 0.717) is 0 Å². The van der Waals surface area contributed by atoms with Gasteiger partial charge < -0.3 is 5.73 Å². The van der Waals surface area contributed by atoms with Crippen LogP contribution < -0.4 is 5.73 Å². The fourth-order valence-corrected chi connectivity index (χ4v) is 1.35. The van der Waals surface area contributed by atoms with E-state index >= 15 is 0 Å². The van der Waals surface area contributed by atoms with Crippen LogP contribution in [0.5, 0.6) is 0 Å². The summed E-state index contributed by atoms with van der Waals surface area (Å²) in [6.07, 6.45) is 0. The standard InChI is InChI=1S/C9H9FN2O3/c1-4-6(10)3-7(11)8(5(2)13)9(4)12(14)15/h3H,11H2,1-2H3. The zero-order chi connectivity index (χ0) is 11.7. The van der Waals surface area contributed by atoms with Gasteiger partial charge in [0.25, 0.3) is 5.69 Å². The van der Waals surface area contributed by atoms with Crippen LogP contribution in [-0.4, -0.2) is 10.7 Å². The van der Waals surface area contributed by atoms with Gasteiger partial charge in [-0.1, -0.05) is 0 Å². The summed E-state index contributed by atoms with van der Waals surface area (Å²) >= 11 is 0. The number of anilines is 1. The lowest BCUT2D eigenvalue weighted by molar-refractivity contribution is -0.385. The number of ketones is 1. The molecule has 0 radical (unpaired) electrons. The lowest BCUT2D eigenvalue weighted by Gasteiger charge is -2.06. The lowest BCUT2D eigenvalue weighted by Crippen LogP contribution is -2.08. The molecule has 0 aliphatic rings. The first-order chi connectivity index (χ1) is 6.86. The Balaban J connectivity index is 3.69. The molecule has 0 aromatic heterocycles. The van der Waals surface area contributed by atoms with Gasteiger partial charge in [0, 0.05) is 0 Å². The molecular weight excluding hydrogens is 203 g/mol. The monoisotopic (exact) mass is 212 g/mol. The number of rotatable bonds is 2. The van der Waals surface area contributed by atoms with Gasteiger partial charge in [-0.25, -0.2) is 4.39 Å². The molecule has 2 N–H and O–H groups in total. The maximum atomic E-state index is 13.1. The maximum Gasteiger partial charge on any atom is 0.288 e. The van der Waals surface area contributed by atoms with Crippen LogP contribution in [0.4, 0.5) is 15.8 Å². The van der Waals surface area contributed by atoms with Gasteiger partial charge in [0.15, 0.2) is 5.78 Å². The SMILES string of the molecule is CC(=O)c1c(N)cc(F)c(C)c1[N+](=O)[O-]. The average molecular weight is 212 g/mol. The van der Waals surface area contributed by atoms with Crippen molar-refractivity contribution in [2.45, 2.75) is 13.8 Å². The Morgan fingerprint density at radius 3 is 2.53 bits per heavy atom. The second-order valence-electron chi connectivity index (χ2n) is 3.11. The molecule has 5 nitrogen and oxygen atoms in total. The molecule has 0 spiro atoms. The minimum atomic E-state index is -0.800. The van der Waals surface area contributed by atoms with Gasteiger partial charge in [-0.3, -0.25) is 14.9 Å². The minimum Gasteiger partial charge on any atom is -0.398 e. The van der Waals surface area contributed by atoms with E-state index in [9.17, 15) is 19.3 Å². The van der Waals surface area contributed by atoms with E-state index in [1.165, 1.54) is 6.92 Å². The molecule has 0 fully saturated rings. The van der Waals surface area contributed by atoms with Gasteiger partial charge >= 0.3 is 0 Å². The van der Waals surface area contributed by atoms with Crippen LogP contribution in [0.25, 0.3) is 0 Å². The number of Topliss-reactive ketones (excluding diaryl/α,β-unsaturated/α-hetero) is 1. The van der Waals surface area contributed by atoms with Crippen molar-refractivity contribution in [2.24, 2.45) is 0 Å². The molecule has 0 heterocycles. The number of nitrogens with two attached hydrogens (primary N) is 1. The van der Waals surface area contributed by atoms with E-state index in [-0.39, 0.29) is 16.8 Å². The second-order valence-corrected chi connectivity index (χ2v) is 3.11. The summed E-state index contributed by atoms with van der Waals surface area (Å²) in [5.41, 5.74) is 4.18. The third-order valence-electron chi connectivity index (χ3n) is 2.06. The molecule has 1 aromatic carbocycles. The first kappa shape index (κ1) is 11.1. The van der Waals surface area contributed by atoms with Gasteiger partial charge in [0.1, 0.15) is 11.4 Å². The predicted octanol–water partition coefficient (Wildman–Crippen LogP) is 1.83. The van der Waals surface area contributed by atoms with Crippen molar-refractivity contribution in [2.75, 3.05) is 5.73 Å². The number of nitrogens with zero attached hydrogens (tertiary/aromatic N) is 1. The number of hydrogen-bond donors (Lipinski definition) is 1. The molecule has 0 amide bonds. The van der Waals surface area contributed by atoms with E-state index in [2.05, 4.69) is 0 Å². The molecule has 80 valence electrons. The topological polar surface area (TPSA) is 86.2 Å². The Hall–Kier alpha value is -1.98. The Morgan fingerprint density at radius 2 is 2.13 bits per heavy atom. The van der Waals surface area contributed by atoms with E-state index in [1.807, 2.05) is 0 Å². The molecule has 0 aliphatic carbocycles. The third-order valence-corrected chi connectivity index (χ3v) is 2.06. The summed E-state index contributed by atoms with van der Waals surface area (Å²) in [5.74, 6) is -1.34. The van der Waals surface area contributed by atoms with Crippen molar-refractivity contribution in [1.29, 1.82) is 0 Å². The largest absolute Gasteiger partial charge is 0.398 e. The first-order valence-electron chi connectivity index (χ1n) is 4.10. The van der Waals surface area contributed by atoms with Gasteiger partial charge in [0.2, 0.25) is 0 Å². The molecule has 0 saturated carbocycles. The quantitative estimate of drug-likeness (QED) is 0.350. The van der Waals surface area contributed by atoms with E-state index < -0.39 is 22.2 Å². The van der Waals surface area contributed by atoms with Crippen LogP contribution >= 0.6 is 0 Å². The Morgan fingerprint density at radius 1 is 1.60 bits per heavy atom. The molecule has 0 saturated heterocycles. The molecule has 0 unspecified atom stereocenters. The highest BCUT2D eigenvalue weighted by Crippen LogP contribution is 2.30. The predicted molar refractivity (Wildman–Crippen MR) is 52.2 cm³/mol. The Bertz CT molecular complexity index is 457. The summed E-state index contributed by atoms with van der Waals surface area (Å²) < 4.78 is 13.1. The molecule has 15 heavy (non-hydrogen) atoms. The maximum absolute atomic E-state index is 13.1. The first-order valence-corrected chi connectivity index (χ1v) is 4.10. The van der Waals surface area contributed by atoms with Crippen molar-refractivity contribution in [3.8, 4) is 0 Å². The van der Waals surface area contributed by atoms with Crippen LogP contribution in [-0.2, 0) is 0 Å². The summed E-state index contributed by atoms with van der Waals surface area (Å²) in [6.45, 7) is 2.38. The number of nitro groups is 1. The summed E-state index contributed by atoms with van der Waals surface area (Å²) in [6, 6.07) is 0.916. The second kappa shape index (κ2) is 3.64. The van der Waals surface area contributed by atoms with Gasteiger partial charge in [-0.2, -0.15) is 0 Å². The molecule has 0 atom stereocenters. The Kier molecular flexibility index (Phi) is 2.69. The molecule has 0 bridgehead atoms. The molecule has 1 aromatic rings. The van der Waals surface area contributed by atoms with Crippen molar-refractivity contribution in [3.05, 3.63) is 33.1 Å². The highest BCUT2D eigenvalue weighted by Gasteiger charge is 2.26. The minimum absolute atomic E-state index is 0.181. The van der Waals surface area contributed by atoms with E-state index in [0.717, 1.165) is 13.0 Å². The van der Waals surface area contributed by atoms with Gasteiger partial charge in [0.05, 0.1) is 16.2 Å². The summed E-state index contributed by atoms with van der Waals surface area (Å²) in [7, 11) is 0. The zero-order valence-electron chi connectivity index (χ0n) is 8.20. The number of benzene rings is 1. The summed E-state index contributed by atoms with van der Waals surface area (Å²) in [4.78, 5) is 21.0. The fraction of sp³-hybridized carbons (Fsp3) is 0.222. The van der Waals surface area contributed by atoms with Crippen LogP contribution in [0, 0.1) is 22.9 Å². The van der Waals surface area contributed by atoms with Gasteiger partial charge in [-0.05, 0) is 19.9 Å².